The van der Waals surface area contributed by atoms with Crippen LogP contribution in [0.15, 0.2) is 54.6 Å². The second kappa shape index (κ2) is 6.74. The fraction of sp³-hybridized carbons (Fsp3) is 0.318. The van der Waals surface area contributed by atoms with Gasteiger partial charge in [-0.25, -0.2) is 4.98 Å². The summed E-state index contributed by atoms with van der Waals surface area (Å²) in [5.74, 6) is 0. The summed E-state index contributed by atoms with van der Waals surface area (Å²) in [6, 6.07) is 19.1. The van der Waals surface area contributed by atoms with Crippen LogP contribution in [0.1, 0.15) is 38.3 Å². The number of rotatable bonds is 4. The van der Waals surface area contributed by atoms with Crippen LogP contribution < -0.4 is 0 Å². The number of hydrogen-bond acceptors (Lipinski definition) is 2. The third-order valence-corrected chi connectivity index (χ3v) is 4.41. The maximum absolute atomic E-state index is 9.23. The maximum Gasteiger partial charge on any atom is 0.0741 e. The van der Waals surface area contributed by atoms with E-state index in [2.05, 4.69) is 57.2 Å². The molecule has 0 aliphatic carbocycles. The molecular weight excluding hydrogens is 294 g/mol. The molecule has 1 aromatic heterocycles. The van der Waals surface area contributed by atoms with Crippen LogP contribution in [0.25, 0.3) is 22.2 Å². The Hall–Kier alpha value is -2.19. The van der Waals surface area contributed by atoms with Gasteiger partial charge in [-0.15, -0.1) is 0 Å². The van der Waals surface area contributed by atoms with Gasteiger partial charge in [-0.2, -0.15) is 0 Å². The number of aliphatic hydroxyl groups is 1. The van der Waals surface area contributed by atoms with Crippen LogP contribution in [-0.4, -0.2) is 16.7 Å². The number of benzene rings is 2. The first-order valence-electron chi connectivity index (χ1n) is 8.59. The molecule has 0 radical (unpaired) electrons. The summed E-state index contributed by atoms with van der Waals surface area (Å²) in [6.45, 7) is 6.89. The first-order chi connectivity index (χ1) is 11.5. The lowest BCUT2D eigenvalue weighted by molar-refractivity contribution is 0.288. The van der Waals surface area contributed by atoms with E-state index >= 15 is 0 Å². The molecule has 1 heterocycles. The topological polar surface area (TPSA) is 33.1 Å². The van der Waals surface area contributed by atoms with Crippen molar-refractivity contribution >= 4 is 10.9 Å². The molecule has 0 aliphatic rings. The average Bonchev–Trinajstić information content (AvgIpc) is 2.58. The molecule has 0 aliphatic heterocycles. The van der Waals surface area contributed by atoms with Crippen LogP contribution in [0.5, 0.6) is 0 Å². The number of aryl methyl sites for hydroxylation is 1. The highest BCUT2D eigenvalue weighted by Crippen LogP contribution is 2.30. The van der Waals surface area contributed by atoms with Crippen molar-refractivity contribution in [2.75, 3.05) is 6.61 Å². The monoisotopic (exact) mass is 319 g/mol. The molecule has 2 aromatic carbocycles. The zero-order valence-corrected chi connectivity index (χ0v) is 14.7. The smallest absolute Gasteiger partial charge is 0.0741 e. The zero-order valence-electron chi connectivity index (χ0n) is 14.7. The summed E-state index contributed by atoms with van der Waals surface area (Å²) in [5.41, 5.74) is 5.82. The third kappa shape index (κ3) is 3.49. The molecule has 3 aromatic rings. The summed E-state index contributed by atoms with van der Waals surface area (Å²) in [6.07, 6.45) is 1.59. The van der Waals surface area contributed by atoms with Crippen molar-refractivity contribution in [3.63, 3.8) is 0 Å². The van der Waals surface area contributed by atoms with Crippen molar-refractivity contribution < 1.29 is 5.11 Å². The van der Waals surface area contributed by atoms with Crippen LogP contribution in [0.4, 0.5) is 0 Å². The first kappa shape index (κ1) is 16.7. The molecular formula is C22H25NO. The second-order valence-electron chi connectivity index (χ2n) is 7.35. The van der Waals surface area contributed by atoms with E-state index < -0.39 is 0 Å². The van der Waals surface area contributed by atoms with Crippen LogP contribution in [0.2, 0.25) is 0 Å². The molecule has 3 rings (SSSR count). The molecule has 2 nitrogen and oxygen atoms in total. The van der Waals surface area contributed by atoms with Gasteiger partial charge < -0.3 is 5.11 Å². The Morgan fingerprint density at radius 2 is 1.71 bits per heavy atom. The standard InChI is InChI=1S/C22H25NO/c1-22(2,3)19-11-12-20-18(15-19)14-17(10-7-13-24)21(23-20)16-8-5-4-6-9-16/h4-6,8-9,11-12,14-15,24H,7,10,13H2,1-3H3. The summed E-state index contributed by atoms with van der Waals surface area (Å²) < 4.78 is 0. The molecule has 0 spiro atoms. The second-order valence-corrected chi connectivity index (χ2v) is 7.35. The minimum absolute atomic E-state index is 0.123. The maximum atomic E-state index is 9.23. The van der Waals surface area contributed by atoms with E-state index in [1.54, 1.807) is 0 Å². The Kier molecular flexibility index (Phi) is 4.68. The average molecular weight is 319 g/mol. The third-order valence-electron chi connectivity index (χ3n) is 4.41. The summed E-state index contributed by atoms with van der Waals surface area (Å²) >= 11 is 0. The van der Waals surface area contributed by atoms with Gasteiger partial charge >= 0.3 is 0 Å². The predicted molar refractivity (Wildman–Crippen MR) is 101 cm³/mol. The van der Waals surface area contributed by atoms with Crippen LogP contribution in [0, 0.1) is 0 Å². The largest absolute Gasteiger partial charge is 0.396 e. The van der Waals surface area contributed by atoms with Gasteiger partial charge in [-0.05, 0) is 47.6 Å². The lowest BCUT2D eigenvalue weighted by Gasteiger charge is -2.20. The molecule has 124 valence electrons. The van der Waals surface area contributed by atoms with Crippen molar-refractivity contribution in [3.05, 3.63) is 65.7 Å². The van der Waals surface area contributed by atoms with E-state index in [4.69, 9.17) is 4.98 Å². The SMILES string of the molecule is CC(C)(C)c1ccc2nc(-c3ccccc3)c(CCCO)cc2c1. The van der Waals surface area contributed by atoms with Crippen molar-refractivity contribution in [2.45, 2.75) is 39.0 Å². The van der Waals surface area contributed by atoms with Crippen LogP contribution >= 0.6 is 0 Å². The minimum Gasteiger partial charge on any atom is -0.396 e. The molecule has 0 saturated carbocycles. The number of aromatic nitrogens is 1. The Balaban J connectivity index is 2.16. The molecule has 0 bridgehead atoms. The van der Waals surface area contributed by atoms with E-state index in [0.717, 1.165) is 29.6 Å². The van der Waals surface area contributed by atoms with Gasteiger partial charge in [0.2, 0.25) is 0 Å². The zero-order chi connectivity index (χ0) is 17.2. The fourth-order valence-corrected chi connectivity index (χ4v) is 2.99. The van der Waals surface area contributed by atoms with Crippen LogP contribution in [-0.2, 0) is 11.8 Å². The Labute approximate surface area is 144 Å². The molecule has 24 heavy (non-hydrogen) atoms. The van der Waals surface area contributed by atoms with Crippen molar-refractivity contribution in [3.8, 4) is 11.3 Å². The summed E-state index contributed by atoms with van der Waals surface area (Å²) in [5, 5.41) is 10.4. The Morgan fingerprint density at radius 1 is 0.958 bits per heavy atom. The highest BCUT2D eigenvalue weighted by atomic mass is 16.2. The lowest BCUT2D eigenvalue weighted by atomic mass is 9.86. The minimum atomic E-state index is 0.123. The Bertz CT molecular complexity index is 832. The normalized spacial score (nSPS) is 11.8. The number of nitrogens with zero attached hydrogens (tertiary/aromatic N) is 1. The molecule has 2 heteroatoms. The molecule has 0 atom stereocenters. The van der Waals surface area contributed by atoms with E-state index in [1.165, 1.54) is 16.5 Å². The van der Waals surface area contributed by atoms with E-state index in [0.29, 0.717) is 0 Å². The van der Waals surface area contributed by atoms with Gasteiger partial charge in [0.05, 0.1) is 11.2 Å². The lowest BCUT2D eigenvalue weighted by Crippen LogP contribution is -2.10. The first-order valence-corrected chi connectivity index (χ1v) is 8.59. The van der Waals surface area contributed by atoms with Gasteiger partial charge in [-0.1, -0.05) is 57.2 Å². The number of aliphatic hydroxyl groups excluding tert-OH is 1. The summed E-state index contributed by atoms with van der Waals surface area (Å²) in [7, 11) is 0. The molecule has 1 N–H and O–H groups in total. The van der Waals surface area contributed by atoms with Crippen molar-refractivity contribution in [2.24, 2.45) is 0 Å². The highest BCUT2D eigenvalue weighted by molar-refractivity contribution is 5.84. The fourth-order valence-electron chi connectivity index (χ4n) is 2.99. The van der Waals surface area contributed by atoms with Crippen LogP contribution in [0.3, 0.4) is 0 Å². The number of hydrogen-bond donors (Lipinski definition) is 1. The quantitative estimate of drug-likeness (QED) is 0.723. The van der Waals surface area contributed by atoms with Gasteiger partial charge in [0.1, 0.15) is 0 Å². The predicted octanol–water partition coefficient (Wildman–Crippen LogP) is 5.12. The highest BCUT2D eigenvalue weighted by Gasteiger charge is 2.15. The molecule has 0 amide bonds. The van der Waals surface area contributed by atoms with Crippen molar-refractivity contribution in [1.82, 2.24) is 4.98 Å². The van der Waals surface area contributed by atoms with Gasteiger partial charge in [0.25, 0.3) is 0 Å². The summed E-state index contributed by atoms with van der Waals surface area (Å²) in [4.78, 5) is 4.94. The van der Waals surface area contributed by atoms with E-state index in [-0.39, 0.29) is 12.0 Å². The van der Waals surface area contributed by atoms with Gasteiger partial charge in [0, 0.05) is 17.6 Å². The number of fused-ring (bicyclic) bond motifs is 1. The van der Waals surface area contributed by atoms with E-state index in [9.17, 15) is 5.11 Å². The Morgan fingerprint density at radius 3 is 2.38 bits per heavy atom. The van der Waals surface area contributed by atoms with Gasteiger partial charge in [-0.3, -0.25) is 0 Å². The van der Waals surface area contributed by atoms with Crippen molar-refractivity contribution in [1.29, 1.82) is 0 Å². The van der Waals surface area contributed by atoms with E-state index in [1.807, 2.05) is 18.2 Å². The molecule has 0 fully saturated rings. The molecule has 0 saturated heterocycles. The van der Waals surface area contributed by atoms with Gasteiger partial charge in [0.15, 0.2) is 0 Å². The number of pyridine rings is 1. The molecule has 0 unspecified atom stereocenters.